The van der Waals surface area contributed by atoms with E-state index in [0.717, 1.165) is 41.0 Å². The first-order chi connectivity index (χ1) is 15.5. The molecule has 3 heterocycles. The molecule has 0 N–H and O–H groups in total. The molecule has 2 aromatic heterocycles. The smallest absolute Gasteiger partial charge is 0.274 e. The van der Waals surface area contributed by atoms with Crippen LogP contribution in [-0.4, -0.2) is 50.0 Å². The third kappa shape index (κ3) is 4.07. The zero-order valence-electron chi connectivity index (χ0n) is 18.5. The zero-order valence-corrected chi connectivity index (χ0v) is 19.3. The van der Waals surface area contributed by atoms with Crippen molar-refractivity contribution in [3.63, 3.8) is 0 Å². The first-order valence-corrected chi connectivity index (χ1v) is 12.0. The number of rotatable bonds is 6. The molecule has 0 atom stereocenters. The zero-order chi connectivity index (χ0) is 22.2. The minimum absolute atomic E-state index is 0.0120. The van der Waals surface area contributed by atoms with Crippen molar-refractivity contribution >= 4 is 23.2 Å². The number of aryl methyl sites for hydroxylation is 1. The third-order valence-electron chi connectivity index (χ3n) is 6.36. The molecule has 0 radical (unpaired) electrons. The summed E-state index contributed by atoms with van der Waals surface area (Å²) >= 11 is 1.52. The van der Waals surface area contributed by atoms with Gasteiger partial charge in [0.1, 0.15) is 0 Å². The number of amides is 2. The monoisotopic (exact) mass is 449 g/mol. The largest absolute Gasteiger partial charge is 0.334 e. The molecular weight excluding hydrogens is 422 g/mol. The molecule has 1 aliphatic heterocycles. The number of hydrogen-bond acceptors (Lipinski definition) is 5. The summed E-state index contributed by atoms with van der Waals surface area (Å²) in [5.74, 6) is 0.549. The van der Waals surface area contributed by atoms with Gasteiger partial charge in [-0.05, 0) is 37.3 Å². The lowest BCUT2D eigenvalue weighted by molar-refractivity contribution is 0.0720. The van der Waals surface area contributed by atoms with Crippen molar-refractivity contribution in [3.8, 4) is 0 Å². The molecule has 5 rings (SSSR count). The molecular formula is C24H27N5O2S. The fourth-order valence-corrected chi connectivity index (χ4v) is 4.88. The second-order valence-electron chi connectivity index (χ2n) is 8.83. The van der Waals surface area contributed by atoms with Gasteiger partial charge >= 0.3 is 0 Å². The van der Waals surface area contributed by atoms with Crippen molar-refractivity contribution in [1.29, 1.82) is 0 Å². The van der Waals surface area contributed by atoms with Gasteiger partial charge in [0, 0.05) is 48.8 Å². The van der Waals surface area contributed by atoms with E-state index in [0.29, 0.717) is 31.2 Å². The van der Waals surface area contributed by atoms with E-state index in [1.165, 1.54) is 24.2 Å². The molecule has 0 unspecified atom stereocenters. The predicted octanol–water partition coefficient (Wildman–Crippen LogP) is 3.53. The van der Waals surface area contributed by atoms with Crippen LogP contribution in [0.4, 0.5) is 0 Å². The molecule has 1 aromatic carbocycles. The summed E-state index contributed by atoms with van der Waals surface area (Å²) in [6.45, 7) is 4.31. The highest BCUT2D eigenvalue weighted by Gasteiger charge is 2.33. The van der Waals surface area contributed by atoms with E-state index in [-0.39, 0.29) is 11.8 Å². The Morgan fingerprint density at radius 1 is 1.25 bits per heavy atom. The molecule has 166 valence electrons. The third-order valence-corrected chi connectivity index (χ3v) is 6.99. The molecule has 8 heteroatoms. The Kier molecular flexibility index (Phi) is 5.55. The van der Waals surface area contributed by atoms with Crippen molar-refractivity contribution in [2.24, 2.45) is 5.92 Å². The molecule has 0 spiro atoms. The first kappa shape index (κ1) is 20.9. The maximum absolute atomic E-state index is 13.4. The Hall–Kier alpha value is -3.00. The van der Waals surface area contributed by atoms with Crippen molar-refractivity contribution in [3.05, 3.63) is 68.9 Å². The summed E-state index contributed by atoms with van der Waals surface area (Å²) in [4.78, 5) is 34.4. The van der Waals surface area contributed by atoms with Gasteiger partial charge in [0.2, 0.25) is 0 Å². The van der Waals surface area contributed by atoms with Gasteiger partial charge in [-0.1, -0.05) is 18.2 Å². The molecule has 0 saturated heterocycles. The quantitative estimate of drug-likeness (QED) is 0.577. The van der Waals surface area contributed by atoms with E-state index in [1.54, 1.807) is 17.5 Å². The molecule has 1 saturated carbocycles. The van der Waals surface area contributed by atoms with Crippen molar-refractivity contribution in [2.45, 2.75) is 45.8 Å². The second-order valence-corrected chi connectivity index (χ2v) is 9.55. The number of hydrogen-bond donors (Lipinski definition) is 0. The van der Waals surface area contributed by atoms with Crippen LogP contribution in [0.3, 0.4) is 0 Å². The number of thiazole rings is 1. The number of nitrogens with zero attached hydrogens (tertiary/aromatic N) is 5. The van der Waals surface area contributed by atoms with Crippen LogP contribution < -0.4 is 0 Å². The highest BCUT2D eigenvalue weighted by molar-refractivity contribution is 7.07. The standard InChI is InChI=1S/C24H27N5O2S/c1-16-5-3-4-6-19(16)23(30)28-10-9-21-20(13-28)22(26-29(21)11-17-7-8-17)24(31)27(2)12-18-14-32-15-25-18/h3-6,14-15,17H,7-13H2,1-2H3. The van der Waals surface area contributed by atoms with Crippen molar-refractivity contribution < 1.29 is 9.59 Å². The van der Waals surface area contributed by atoms with E-state index < -0.39 is 0 Å². The van der Waals surface area contributed by atoms with E-state index in [1.807, 2.05) is 46.2 Å². The molecule has 2 aliphatic rings. The molecule has 0 bridgehead atoms. The maximum Gasteiger partial charge on any atom is 0.274 e. The lowest BCUT2D eigenvalue weighted by Gasteiger charge is -2.28. The van der Waals surface area contributed by atoms with Crippen LogP contribution in [0.5, 0.6) is 0 Å². The summed E-state index contributed by atoms with van der Waals surface area (Å²) in [5, 5.41) is 6.73. The van der Waals surface area contributed by atoms with Crippen LogP contribution in [0.1, 0.15) is 56.2 Å². The summed E-state index contributed by atoms with van der Waals surface area (Å²) in [5.41, 5.74) is 6.80. The Bertz CT molecular complexity index is 1150. The van der Waals surface area contributed by atoms with Crippen LogP contribution in [0.25, 0.3) is 0 Å². The van der Waals surface area contributed by atoms with Crippen LogP contribution in [0.2, 0.25) is 0 Å². The number of benzene rings is 1. The number of carbonyl (C=O) groups excluding carboxylic acids is 2. The summed E-state index contributed by atoms with van der Waals surface area (Å²) in [6.07, 6.45) is 3.16. The van der Waals surface area contributed by atoms with Crippen LogP contribution in [0, 0.1) is 12.8 Å². The minimum Gasteiger partial charge on any atom is -0.334 e. The lowest BCUT2D eigenvalue weighted by atomic mass is 10.0. The minimum atomic E-state index is -0.117. The van der Waals surface area contributed by atoms with Crippen LogP contribution in [-0.2, 0) is 26.1 Å². The van der Waals surface area contributed by atoms with Gasteiger partial charge in [-0.15, -0.1) is 11.3 Å². The average molecular weight is 450 g/mol. The average Bonchev–Trinajstić information content (AvgIpc) is 3.33. The first-order valence-electron chi connectivity index (χ1n) is 11.1. The van der Waals surface area contributed by atoms with Gasteiger partial charge in [0.25, 0.3) is 11.8 Å². The molecule has 7 nitrogen and oxygen atoms in total. The van der Waals surface area contributed by atoms with Gasteiger partial charge in [-0.25, -0.2) is 4.98 Å². The predicted molar refractivity (Wildman–Crippen MR) is 122 cm³/mol. The fourth-order valence-electron chi connectivity index (χ4n) is 4.33. The summed E-state index contributed by atoms with van der Waals surface area (Å²) < 4.78 is 2.03. The van der Waals surface area contributed by atoms with Crippen LogP contribution >= 0.6 is 11.3 Å². The van der Waals surface area contributed by atoms with Gasteiger partial charge in [0.05, 0.1) is 24.3 Å². The van der Waals surface area contributed by atoms with Gasteiger partial charge in [-0.2, -0.15) is 5.10 Å². The molecule has 2 amide bonds. The van der Waals surface area contributed by atoms with Crippen molar-refractivity contribution in [1.82, 2.24) is 24.6 Å². The molecule has 32 heavy (non-hydrogen) atoms. The Balaban J connectivity index is 1.43. The highest BCUT2D eigenvalue weighted by atomic mass is 32.1. The molecule has 1 aliphatic carbocycles. The SMILES string of the molecule is Cc1ccccc1C(=O)N1CCc2c(c(C(=O)N(C)Cc3cscn3)nn2CC2CC2)C1. The molecule has 1 fully saturated rings. The number of carbonyl (C=O) groups is 2. The Morgan fingerprint density at radius 2 is 2.06 bits per heavy atom. The second kappa shape index (κ2) is 8.50. The number of aromatic nitrogens is 3. The molecule has 3 aromatic rings. The summed E-state index contributed by atoms with van der Waals surface area (Å²) in [6, 6.07) is 7.67. The van der Waals surface area contributed by atoms with Crippen molar-refractivity contribution in [2.75, 3.05) is 13.6 Å². The Morgan fingerprint density at radius 3 is 2.78 bits per heavy atom. The topological polar surface area (TPSA) is 71.3 Å². The van der Waals surface area contributed by atoms with E-state index in [4.69, 9.17) is 5.10 Å². The normalized spacial score (nSPS) is 15.5. The van der Waals surface area contributed by atoms with Crippen LogP contribution in [0.15, 0.2) is 35.2 Å². The summed E-state index contributed by atoms with van der Waals surface area (Å²) in [7, 11) is 1.78. The van der Waals surface area contributed by atoms with Gasteiger partial charge < -0.3 is 9.80 Å². The fraction of sp³-hybridized carbons (Fsp3) is 0.417. The highest BCUT2D eigenvalue weighted by Crippen LogP contribution is 2.33. The Labute approximate surface area is 191 Å². The van der Waals surface area contributed by atoms with E-state index in [2.05, 4.69) is 4.98 Å². The van der Waals surface area contributed by atoms with Gasteiger partial charge in [-0.3, -0.25) is 14.3 Å². The van der Waals surface area contributed by atoms with E-state index in [9.17, 15) is 9.59 Å². The number of fused-ring (bicyclic) bond motifs is 1. The maximum atomic E-state index is 13.4. The van der Waals surface area contributed by atoms with E-state index >= 15 is 0 Å². The lowest BCUT2D eigenvalue weighted by Crippen LogP contribution is -2.37. The van der Waals surface area contributed by atoms with Gasteiger partial charge in [0.15, 0.2) is 5.69 Å².